The molecule has 0 atom stereocenters. The highest BCUT2D eigenvalue weighted by atomic mass is 19.4. The average Bonchev–Trinajstić information content (AvgIpc) is 2.61. The lowest BCUT2D eigenvalue weighted by molar-refractivity contribution is -0.137. The fourth-order valence-electron chi connectivity index (χ4n) is 2.61. The first-order chi connectivity index (χ1) is 12.3. The van der Waals surface area contributed by atoms with Crippen molar-refractivity contribution in [2.24, 2.45) is 0 Å². The first-order valence-electron chi connectivity index (χ1n) is 8.62. The van der Waals surface area contributed by atoms with E-state index in [1.54, 1.807) is 12.1 Å². The molecule has 0 heterocycles. The molecule has 2 aromatic rings. The van der Waals surface area contributed by atoms with Crippen molar-refractivity contribution in [1.82, 2.24) is 0 Å². The van der Waals surface area contributed by atoms with Gasteiger partial charge >= 0.3 is 6.18 Å². The van der Waals surface area contributed by atoms with E-state index in [9.17, 15) is 18.3 Å². The van der Waals surface area contributed by atoms with Gasteiger partial charge < -0.3 is 14.6 Å². The molecule has 0 unspecified atom stereocenters. The SMILES string of the molecule is CCc1cc(O)cc(CC)c1OCCCOc1ccc(C(F)(F)F)cc1. The topological polar surface area (TPSA) is 38.7 Å². The van der Waals surface area contributed by atoms with Crippen molar-refractivity contribution in [3.63, 3.8) is 0 Å². The Kier molecular flexibility index (Phi) is 6.77. The highest BCUT2D eigenvalue weighted by Gasteiger charge is 2.29. The van der Waals surface area contributed by atoms with E-state index in [-0.39, 0.29) is 5.75 Å². The maximum absolute atomic E-state index is 12.5. The van der Waals surface area contributed by atoms with Crippen molar-refractivity contribution in [3.05, 3.63) is 53.1 Å². The van der Waals surface area contributed by atoms with Crippen LogP contribution in [0.1, 0.15) is 37.0 Å². The number of phenols is 1. The summed E-state index contributed by atoms with van der Waals surface area (Å²) >= 11 is 0. The molecule has 0 spiro atoms. The van der Waals surface area contributed by atoms with Crippen LogP contribution in [0.15, 0.2) is 36.4 Å². The summed E-state index contributed by atoms with van der Waals surface area (Å²) < 4.78 is 48.8. The first-order valence-corrected chi connectivity index (χ1v) is 8.62. The Bertz CT molecular complexity index is 684. The Morgan fingerprint density at radius 3 is 1.92 bits per heavy atom. The van der Waals surface area contributed by atoms with Crippen LogP contribution >= 0.6 is 0 Å². The molecule has 0 saturated heterocycles. The molecule has 1 N–H and O–H groups in total. The molecule has 0 bridgehead atoms. The van der Waals surface area contributed by atoms with E-state index in [0.717, 1.165) is 41.9 Å². The molecule has 0 aromatic heterocycles. The number of aryl methyl sites for hydroxylation is 2. The van der Waals surface area contributed by atoms with Gasteiger partial charge in [-0.05, 0) is 60.4 Å². The van der Waals surface area contributed by atoms with Gasteiger partial charge in [0.1, 0.15) is 17.2 Å². The number of alkyl halides is 3. The highest BCUT2D eigenvalue weighted by molar-refractivity contribution is 5.47. The molecular formula is C20H23F3O3. The zero-order valence-electron chi connectivity index (χ0n) is 14.9. The number of rotatable bonds is 8. The molecule has 0 aliphatic carbocycles. The standard InChI is InChI=1S/C20H23F3O3/c1-3-14-12-17(24)13-15(4-2)19(14)26-11-5-10-25-18-8-6-16(7-9-18)20(21,22)23/h6-9,12-13,24H,3-5,10-11H2,1-2H3. The molecule has 0 aliphatic rings. The summed E-state index contributed by atoms with van der Waals surface area (Å²) in [5, 5.41) is 9.74. The smallest absolute Gasteiger partial charge is 0.416 e. The number of ether oxygens (including phenoxy) is 2. The molecule has 2 rings (SSSR count). The fraction of sp³-hybridized carbons (Fsp3) is 0.400. The second-order valence-corrected chi connectivity index (χ2v) is 5.87. The van der Waals surface area contributed by atoms with Gasteiger partial charge in [-0.15, -0.1) is 0 Å². The summed E-state index contributed by atoms with van der Waals surface area (Å²) in [6.07, 6.45) is -2.25. The van der Waals surface area contributed by atoms with Crippen LogP contribution in [0.25, 0.3) is 0 Å². The summed E-state index contributed by atoms with van der Waals surface area (Å²) in [5.74, 6) is 1.42. The number of phenolic OH excluding ortho intramolecular Hbond substituents is 1. The van der Waals surface area contributed by atoms with Gasteiger partial charge in [0.2, 0.25) is 0 Å². The van der Waals surface area contributed by atoms with Crippen molar-refractivity contribution in [3.8, 4) is 17.2 Å². The highest BCUT2D eigenvalue weighted by Crippen LogP contribution is 2.31. The number of halogens is 3. The van der Waals surface area contributed by atoms with E-state index in [0.29, 0.717) is 25.4 Å². The van der Waals surface area contributed by atoms with Gasteiger partial charge in [-0.3, -0.25) is 0 Å². The number of aromatic hydroxyl groups is 1. The lowest BCUT2D eigenvalue weighted by Crippen LogP contribution is -2.08. The minimum absolute atomic E-state index is 0.233. The number of hydrogen-bond donors (Lipinski definition) is 1. The zero-order valence-corrected chi connectivity index (χ0v) is 14.9. The summed E-state index contributed by atoms with van der Waals surface area (Å²) in [5.41, 5.74) is 1.20. The van der Waals surface area contributed by atoms with Gasteiger partial charge in [-0.1, -0.05) is 13.8 Å². The van der Waals surface area contributed by atoms with E-state index in [1.807, 2.05) is 13.8 Å². The van der Waals surface area contributed by atoms with Crippen LogP contribution in [0.5, 0.6) is 17.2 Å². The third-order valence-electron chi connectivity index (χ3n) is 3.97. The average molecular weight is 368 g/mol. The van der Waals surface area contributed by atoms with Gasteiger partial charge in [-0.2, -0.15) is 13.2 Å². The van der Waals surface area contributed by atoms with E-state index < -0.39 is 11.7 Å². The van der Waals surface area contributed by atoms with Gasteiger partial charge in [0, 0.05) is 6.42 Å². The van der Waals surface area contributed by atoms with Crippen LogP contribution in [-0.4, -0.2) is 18.3 Å². The van der Waals surface area contributed by atoms with Crippen LogP contribution in [-0.2, 0) is 19.0 Å². The van der Waals surface area contributed by atoms with Gasteiger partial charge in [-0.25, -0.2) is 0 Å². The quantitative estimate of drug-likeness (QED) is 0.636. The summed E-state index contributed by atoms with van der Waals surface area (Å²) in [4.78, 5) is 0. The van der Waals surface area contributed by atoms with Crippen LogP contribution in [0.2, 0.25) is 0 Å². The largest absolute Gasteiger partial charge is 0.508 e. The molecule has 3 nitrogen and oxygen atoms in total. The first kappa shape index (κ1) is 19.9. The second kappa shape index (κ2) is 8.83. The maximum Gasteiger partial charge on any atom is 0.416 e. The molecule has 0 radical (unpaired) electrons. The lowest BCUT2D eigenvalue weighted by atomic mass is 10.0. The molecule has 142 valence electrons. The Balaban J connectivity index is 1.84. The van der Waals surface area contributed by atoms with Crippen molar-refractivity contribution < 1.29 is 27.8 Å². The Hall–Kier alpha value is -2.37. The summed E-state index contributed by atoms with van der Waals surface area (Å²) in [6.45, 7) is 4.75. The minimum atomic E-state index is -4.34. The third-order valence-corrected chi connectivity index (χ3v) is 3.97. The second-order valence-electron chi connectivity index (χ2n) is 5.87. The molecule has 26 heavy (non-hydrogen) atoms. The normalized spacial score (nSPS) is 11.4. The van der Waals surface area contributed by atoms with Crippen molar-refractivity contribution in [1.29, 1.82) is 0 Å². The van der Waals surface area contributed by atoms with Crippen molar-refractivity contribution in [2.45, 2.75) is 39.3 Å². The molecule has 0 aliphatic heterocycles. The molecular weight excluding hydrogens is 345 g/mol. The predicted octanol–water partition coefficient (Wildman–Crippen LogP) is 5.38. The Morgan fingerprint density at radius 1 is 0.885 bits per heavy atom. The van der Waals surface area contributed by atoms with Gasteiger partial charge in [0.05, 0.1) is 18.8 Å². The van der Waals surface area contributed by atoms with E-state index in [1.165, 1.54) is 12.1 Å². The lowest BCUT2D eigenvalue weighted by Gasteiger charge is -2.15. The van der Waals surface area contributed by atoms with Crippen LogP contribution in [0.3, 0.4) is 0 Å². The molecule has 6 heteroatoms. The van der Waals surface area contributed by atoms with E-state index >= 15 is 0 Å². The zero-order chi connectivity index (χ0) is 19.2. The monoisotopic (exact) mass is 368 g/mol. The third kappa shape index (κ3) is 5.31. The van der Waals surface area contributed by atoms with Gasteiger partial charge in [0.15, 0.2) is 0 Å². The Labute approximate surface area is 151 Å². The minimum Gasteiger partial charge on any atom is -0.508 e. The number of benzene rings is 2. The van der Waals surface area contributed by atoms with Crippen LogP contribution in [0, 0.1) is 0 Å². The van der Waals surface area contributed by atoms with Gasteiger partial charge in [0.25, 0.3) is 0 Å². The predicted molar refractivity (Wildman–Crippen MR) is 93.9 cm³/mol. The van der Waals surface area contributed by atoms with Crippen molar-refractivity contribution >= 4 is 0 Å². The van der Waals surface area contributed by atoms with E-state index in [2.05, 4.69) is 0 Å². The fourth-order valence-corrected chi connectivity index (χ4v) is 2.61. The summed E-state index contributed by atoms with van der Waals surface area (Å²) in [7, 11) is 0. The Morgan fingerprint density at radius 2 is 1.42 bits per heavy atom. The van der Waals surface area contributed by atoms with Crippen LogP contribution < -0.4 is 9.47 Å². The molecule has 0 fully saturated rings. The maximum atomic E-state index is 12.5. The molecule has 0 amide bonds. The van der Waals surface area contributed by atoms with Crippen molar-refractivity contribution in [2.75, 3.05) is 13.2 Å². The summed E-state index contributed by atoms with van der Waals surface area (Å²) in [6, 6.07) is 8.04. The molecule has 2 aromatic carbocycles. The van der Waals surface area contributed by atoms with Crippen LogP contribution in [0.4, 0.5) is 13.2 Å². The molecule has 0 saturated carbocycles. The number of hydrogen-bond acceptors (Lipinski definition) is 3. The van der Waals surface area contributed by atoms with E-state index in [4.69, 9.17) is 9.47 Å².